The Morgan fingerprint density at radius 3 is 2.38 bits per heavy atom. The summed E-state index contributed by atoms with van der Waals surface area (Å²) in [5, 5.41) is 5.38. The first-order valence-electron chi connectivity index (χ1n) is 12.7. The van der Waals surface area contributed by atoms with Crippen LogP contribution in [0.25, 0.3) is 11.1 Å². The predicted octanol–water partition coefficient (Wildman–Crippen LogP) is 5.54. The lowest BCUT2D eigenvalue weighted by Gasteiger charge is -2.31. The molecule has 40 heavy (non-hydrogen) atoms. The van der Waals surface area contributed by atoms with Crippen LogP contribution in [-0.2, 0) is 9.59 Å². The molecule has 1 saturated heterocycles. The van der Waals surface area contributed by atoms with Crippen LogP contribution in [0.1, 0.15) is 47.1 Å². The molecule has 2 heterocycles. The number of rotatable bonds is 8. The minimum atomic E-state index is -4.78. The first kappa shape index (κ1) is 29.1. The Balaban J connectivity index is 1.35. The lowest BCUT2D eigenvalue weighted by atomic mass is 9.97. The van der Waals surface area contributed by atoms with Gasteiger partial charge in [-0.25, -0.2) is 4.98 Å². The van der Waals surface area contributed by atoms with Crippen LogP contribution in [-0.4, -0.2) is 66.1 Å². The average Bonchev–Trinajstić information content (AvgIpc) is 3.42. The molecule has 1 fully saturated rings. The third kappa shape index (κ3) is 7.59. The van der Waals surface area contributed by atoms with E-state index in [4.69, 9.17) is 0 Å². The van der Waals surface area contributed by atoms with Gasteiger partial charge in [0.25, 0.3) is 5.91 Å². The van der Waals surface area contributed by atoms with Crippen molar-refractivity contribution in [2.24, 2.45) is 0 Å². The molecule has 212 valence electrons. The standard InChI is InChI=1S/C28H29F3N4O4S/c1-34(2)24(36)11-12-25(37)35-15-13-19(14-16-35)27-33-23(17-40-27)26(38)32-22-6-4-3-5-21(22)18-7-9-20(10-8-18)39-28(29,30)31/h3-10,17,19H,11-16H2,1-2H3,(H,32,38). The number of alkyl halides is 3. The van der Waals surface area contributed by atoms with Crippen molar-refractivity contribution in [1.29, 1.82) is 0 Å². The molecule has 1 aliphatic heterocycles. The molecule has 8 nitrogen and oxygen atoms in total. The highest BCUT2D eigenvalue weighted by Gasteiger charge is 2.31. The highest BCUT2D eigenvalue weighted by Crippen LogP contribution is 2.33. The lowest BCUT2D eigenvalue weighted by Crippen LogP contribution is -2.38. The molecule has 3 aromatic rings. The fourth-order valence-electron chi connectivity index (χ4n) is 4.42. The molecule has 1 N–H and O–H groups in total. The summed E-state index contributed by atoms with van der Waals surface area (Å²) >= 11 is 1.40. The Bertz CT molecular complexity index is 1350. The van der Waals surface area contributed by atoms with Crippen molar-refractivity contribution < 1.29 is 32.3 Å². The molecule has 1 aliphatic rings. The number of nitrogens with one attached hydrogen (secondary N) is 1. The normalized spacial score (nSPS) is 14.1. The van der Waals surface area contributed by atoms with Gasteiger partial charge in [0.15, 0.2) is 0 Å². The van der Waals surface area contributed by atoms with Crippen LogP contribution in [0, 0.1) is 0 Å². The van der Waals surface area contributed by atoms with Crippen LogP contribution >= 0.6 is 11.3 Å². The molecule has 12 heteroatoms. The predicted molar refractivity (Wildman–Crippen MR) is 145 cm³/mol. The van der Waals surface area contributed by atoms with Gasteiger partial charge in [-0.05, 0) is 36.6 Å². The van der Waals surface area contributed by atoms with E-state index in [9.17, 15) is 27.6 Å². The number of aromatic nitrogens is 1. The number of para-hydroxylation sites is 1. The summed E-state index contributed by atoms with van der Waals surface area (Å²) in [6.07, 6.45) is -2.95. The maximum Gasteiger partial charge on any atom is 0.573 e. The maximum atomic E-state index is 13.0. The number of amides is 3. The summed E-state index contributed by atoms with van der Waals surface area (Å²) in [5.41, 5.74) is 2.00. The van der Waals surface area contributed by atoms with E-state index in [1.165, 1.54) is 40.5 Å². The monoisotopic (exact) mass is 574 g/mol. The number of hydrogen-bond donors (Lipinski definition) is 1. The van der Waals surface area contributed by atoms with Crippen LogP contribution in [0.5, 0.6) is 5.75 Å². The summed E-state index contributed by atoms with van der Waals surface area (Å²) in [4.78, 5) is 45.1. The summed E-state index contributed by atoms with van der Waals surface area (Å²) in [6.45, 7) is 1.14. The molecule has 0 atom stereocenters. The number of anilines is 1. The lowest BCUT2D eigenvalue weighted by molar-refractivity contribution is -0.274. The number of hydrogen-bond acceptors (Lipinski definition) is 6. The molecule has 4 rings (SSSR count). The molecule has 0 unspecified atom stereocenters. The summed E-state index contributed by atoms with van der Waals surface area (Å²) < 4.78 is 41.4. The van der Waals surface area contributed by atoms with Gasteiger partial charge >= 0.3 is 6.36 Å². The van der Waals surface area contributed by atoms with Crippen molar-refractivity contribution in [2.75, 3.05) is 32.5 Å². The zero-order valence-corrected chi connectivity index (χ0v) is 22.8. The number of halogens is 3. The van der Waals surface area contributed by atoms with Gasteiger partial charge in [0, 0.05) is 62.6 Å². The van der Waals surface area contributed by atoms with Crippen molar-refractivity contribution in [3.8, 4) is 16.9 Å². The topological polar surface area (TPSA) is 91.8 Å². The Labute approximate surface area is 233 Å². The fraction of sp³-hybridized carbons (Fsp3) is 0.357. The second-order valence-electron chi connectivity index (χ2n) is 9.59. The summed E-state index contributed by atoms with van der Waals surface area (Å²) in [7, 11) is 3.33. The number of likely N-dealkylation sites (tertiary alicyclic amines) is 1. The number of thiazole rings is 1. The molecule has 0 radical (unpaired) electrons. The largest absolute Gasteiger partial charge is 0.573 e. The number of nitrogens with zero attached hydrogens (tertiary/aromatic N) is 3. The van der Waals surface area contributed by atoms with Gasteiger partial charge in [0.2, 0.25) is 11.8 Å². The van der Waals surface area contributed by atoms with E-state index in [1.807, 2.05) is 0 Å². The number of carbonyl (C=O) groups excluding carboxylic acids is 3. The van der Waals surface area contributed by atoms with Crippen molar-refractivity contribution >= 4 is 34.7 Å². The van der Waals surface area contributed by atoms with Gasteiger partial charge in [-0.1, -0.05) is 30.3 Å². The maximum absolute atomic E-state index is 13.0. The van der Waals surface area contributed by atoms with Crippen molar-refractivity contribution in [3.63, 3.8) is 0 Å². The minimum Gasteiger partial charge on any atom is -0.406 e. The molecule has 1 aromatic heterocycles. The molecule has 0 aliphatic carbocycles. The number of carbonyl (C=O) groups is 3. The first-order valence-corrected chi connectivity index (χ1v) is 13.6. The molecular formula is C28H29F3N4O4S. The number of ether oxygens (including phenoxy) is 1. The van der Waals surface area contributed by atoms with Crippen LogP contribution in [0.4, 0.5) is 18.9 Å². The smallest absolute Gasteiger partial charge is 0.406 e. The Kier molecular flexibility index (Phi) is 9.08. The third-order valence-corrected chi connectivity index (χ3v) is 7.58. The highest BCUT2D eigenvalue weighted by molar-refractivity contribution is 7.10. The number of benzene rings is 2. The average molecular weight is 575 g/mol. The van der Waals surface area contributed by atoms with Crippen LogP contribution in [0.3, 0.4) is 0 Å². The SMILES string of the molecule is CN(C)C(=O)CCC(=O)N1CCC(c2nc(C(=O)Nc3ccccc3-c3ccc(OC(F)(F)F)cc3)cs2)CC1. The summed E-state index contributed by atoms with van der Waals surface area (Å²) in [6, 6.07) is 12.4. The van der Waals surface area contributed by atoms with Gasteiger partial charge < -0.3 is 19.9 Å². The second kappa shape index (κ2) is 12.5. The van der Waals surface area contributed by atoms with Crippen LogP contribution < -0.4 is 10.1 Å². The van der Waals surface area contributed by atoms with Crippen molar-refractivity contribution in [2.45, 2.75) is 38.0 Å². The number of piperidine rings is 1. The molecule has 3 amide bonds. The first-order chi connectivity index (χ1) is 19.0. The highest BCUT2D eigenvalue weighted by atomic mass is 32.1. The van der Waals surface area contributed by atoms with Crippen molar-refractivity contribution in [1.82, 2.24) is 14.8 Å². The zero-order valence-electron chi connectivity index (χ0n) is 22.0. The molecule has 0 bridgehead atoms. The van der Waals surface area contributed by atoms with Gasteiger partial charge in [-0.15, -0.1) is 24.5 Å². The Morgan fingerprint density at radius 1 is 1.05 bits per heavy atom. The van der Waals surface area contributed by atoms with Gasteiger partial charge in [-0.3, -0.25) is 14.4 Å². The zero-order chi connectivity index (χ0) is 28.9. The molecule has 2 aromatic carbocycles. The fourth-order valence-corrected chi connectivity index (χ4v) is 5.39. The van der Waals surface area contributed by atoms with Gasteiger partial charge in [0.1, 0.15) is 11.4 Å². The second-order valence-corrected chi connectivity index (χ2v) is 10.5. The van der Waals surface area contributed by atoms with E-state index >= 15 is 0 Å². The van der Waals surface area contributed by atoms with E-state index in [1.54, 1.807) is 48.6 Å². The van der Waals surface area contributed by atoms with E-state index in [2.05, 4.69) is 15.0 Å². The molecule has 0 spiro atoms. The van der Waals surface area contributed by atoms with E-state index in [0.29, 0.717) is 29.9 Å². The van der Waals surface area contributed by atoms with Crippen LogP contribution in [0.2, 0.25) is 0 Å². The van der Waals surface area contributed by atoms with Gasteiger partial charge in [-0.2, -0.15) is 0 Å². The van der Waals surface area contributed by atoms with E-state index in [0.717, 1.165) is 17.8 Å². The van der Waals surface area contributed by atoms with E-state index < -0.39 is 12.3 Å². The van der Waals surface area contributed by atoms with Crippen LogP contribution in [0.15, 0.2) is 53.9 Å². The molecular weight excluding hydrogens is 545 g/mol. The Morgan fingerprint density at radius 2 is 1.73 bits per heavy atom. The summed E-state index contributed by atoms with van der Waals surface area (Å²) in [5.74, 6) is -0.710. The third-order valence-electron chi connectivity index (χ3n) is 6.58. The Hall–Kier alpha value is -3.93. The van der Waals surface area contributed by atoms with Gasteiger partial charge in [0.05, 0.1) is 5.01 Å². The minimum absolute atomic E-state index is 0.0333. The quantitative estimate of drug-likeness (QED) is 0.382. The van der Waals surface area contributed by atoms with Crippen molar-refractivity contribution in [3.05, 3.63) is 64.6 Å². The van der Waals surface area contributed by atoms with E-state index in [-0.39, 0.29) is 42.0 Å². The molecule has 0 saturated carbocycles.